The number of hydrogen-bond donors (Lipinski definition) is 1. The molecule has 1 atom stereocenters. The van der Waals surface area contributed by atoms with Crippen LogP contribution in [-0.4, -0.2) is 39.7 Å². The zero-order valence-corrected chi connectivity index (χ0v) is 23.9. The molecule has 198 valence electrons. The molecule has 2 aromatic heterocycles. The van der Waals surface area contributed by atoms with Gasteiger partial charge in [-0.05, 0) is 76.0 Å². The predicted octanol–water partition coefficient (Wildman–Crippen LogP) is 6.47. The smallest absolute Gasteiger partial charge is 0.344 e. The molecule has 0 bridgehead atoms. The molecule has 5 rings (SSSR count). The predicted molar refractivity (Wildman–Crippen MR) is 155 cm³/mol. The Balaban J connectivity index is 1.66. The van der Waals surface area contributed by atoms with Crippen LogP contribution in [0.3, 0.4) is 0 Å². The second-order valence-corrected chi connectivity index (χ2v) is 10.0. The van der Waals surface area contributed by atoms with Crippen molar-refractivity contribution >= 4 is 65.9 Å². The second kappa shape index (κ2) is 11.0. The number of aromatic nitrogens is 2. The number of hydrogen-bond acceptors (Lipinski definition) is 7. The number of halogens is 2. The molecular weight excluding hydrogens is 634 g/mol. The first-order chi connectivity index (χ1) is 18.8. The summed E-state index contributed by atoms with van der Waals surface area (Å²) in [6.45, 7) is 3.53. The maximum absolute atomic E-state index is 13.6. The van der Waals surface area contributed by atoms with E-state index in [1.807, 2.05) is 36.4 Å². The number of carboxylic acids is 1. The van der Waals surface area contributed by atoms with Gasteiger partial charge in [0.1, 0.15) is 5.58 Å². The number of aliphatic carboxylic acids is 1. The third kappa shape index (κ3) is 5.19. The molecule has 0 saturated carbocycles. The minimum atomic E-state index is -1.12. The Morgan fingerprint density at radius 2 is 1.90 bits per heavy atom. The van der Waals surface area contributed by atoms with Gasteiger partial charge in [-0.2, -0.15) is 9.78 Å². The van der Waals surface area contributed by atoms with E-state index in [0.29, 0.717) is 49.1 Å². The van der Waals surface area contributed by atoms with Gasteiger partial charge in [0.2, 0.25) is 5.82 Å². The SMILES string of the molecule is CCOc1cc(C=Nn2c(-c3cc4ccccc4o3)nc3ccccc3c2=O)c(Br)c(Br)c1O[C@@H](C)C(=O)O. The van der Waals surface area contributed by atoms with E-state index >= 15 is 0 Å². The normalized spacial score (nSPS) is 12.3. The van der Waals surface area contributed by atoms with Crippen LogP contribution >= 0.6 is 31.9 Å². The molecule has 1 N–H and O–H groups in total. The summed E-state index contributed by atoms with van der Waals surface area (Å²) in [7, 11) is 0. The Hall–Kier alpha value is -3.96. The van der Waals surface area contributed by atoms with Crippen LogP contribution in [0.25, 0.3) is 33.5 Å². The summed E-state index contributed by atoms with van der Waals surface area (Å²) in [4.78, 5) is 29.6. The van der Waals surface area contributed by atoms with Gasteiger partial charge < -0.3 is 19.0 Å². The second-order valence-electron chi connectivity index (χ2n) is 8.41. The first-order valence-electron chi connectivity index (χ1n) is 11.9. The number of ether oxygens (including phenoxy) is 2. The standard InChI is InChI=1S/C28H21Br2N3O6/c1-3-37-21-13-17(23(29)24(30)25(21)38-15(2)28(35)36)14-31-33-26(22-12-16-8-4-7-11-20(16)39-22)32-19-10-6-5-9-18(19)27(33)34/h4-15H,3H2,1-2H3,(H,35,36)/t15-/m0/s1. The summed E-state index contributed by atoms with van der Waals surface area (Å²) in [6, 6.07) is 18.0. The van der Waals surface area contributed by atoms with Crippen molar-refractivity contribution in [3.63, 3.8) is 0 Å². The molecule has 39 heavy (non-hydrogen) atoms. The molecule has 0 spiro atoms. The van der Waals surface area contributed by atoms with Crippen LogP contribution in [0.15, 0.2) is 83.9 Å². The van der Waals surface area contributed by atoms with Crippen molar-refractivity contribution in [1.29, 1.82) is 0 Å². The number of furan rings is 1. The van der Waals surface area contributed by atoms with Crippen LogP contribution < -0.4 is 15.0 Å². The molecular formula is C28H21Br2N3O6. The number of carbonyl (C=O) groups is 1. The molecule has 9 nitrogen and oxygen atoms in total. The topological polar surface area (TPSA) is 116 Å². The summed E-state index contributed by atoms with van der Waals surface area (Å²) in [5, 5.41) is 15.1. The van der Waals surface area contributed by atoms with E-state index in [-0.39, 0.29) is 17.1 Å². The first kappa shape index (κ1) is 26.6. The van der Waals surface area contributed by atoms with Crippen molar-refractivity contribution in [2.75, 3.05) is 6.61 Å². The highest BCUT2D eigenvalue weighted by atomic mass is 79.9. The van der Waals surface area contributed by atoms with E-state index in [0.717, 1.165) is 5.39 Å². The zero-order chi connectivity index (χ0) is 27.7. The summed E-state index contributed by atoms with van der Waals surface area (Å²) < 4.78 is 19.5. The highest BCUT2D eigenvalue weighted by Crippen LogP contribution is 2.43. The molecule has 3 aromatic carbocycles. The molecule has 0 amide bonds. The lowest BCUT2D eigenvalue weighted by Gasteiger charge is -2.18. The third-order valence-electron chi connectivity index (χ3n) is 5.81. The van der Waals surface area contributed by atoms with Gasteiger partial charge in [0.25, 0.3) is 5.56 Å². The fourth-order valence-corrected chi connectivity index (χ4v) is 4.82. The van der Waals surface area contributed by atoms with Crippen LogP contribution in [0, 0.1) is 0 Å². The van der Waals surface area contributed by atoms with Gasteiger partial charge in [-0.1, -0.05) is 30.3 Å². The van der Waals surface area contributed by atoms with Gasteiger partial charge in [-0.3, -0.25) is 4.79 Å². The Labute approximate surface area is 238 Å². The van der Waals surface area contributed by atoms with E-state index in [1.165, 1.54) is 17.8 Å². The summed E-state index contributed by atoms with van der Waals surface area (Å²) in [6.07, 6.45) is 0.367. The molecule has 0 aliphatic heterocycles. The average molecular weight is 655 g/mol. The molecule has 0 aliphatic rings. The molecule has 0 aliphatic carbocycles. The molecule has 0 fully saturated rings. The molecule has 0 radical (unpaired) electrons. The average Bonchev–Trinajstić information content (AvgIpc) is 3.37. The molecule has 0 unspecified atom stereocenters. The number of nitrogens with zero attached hydrogens (tertiary/aromatic N) is 3. The minimum absolute atomic E-state index is 0.225. The quantitative estimate of drug-likeness (QED) is 0.191. The fourth-order valence-electron chi connectivity index (χ4n) is 3.90. The number of carboxylic acid groups (broad SMARTS) is 1. The third-order valence-corrected chi connectivity index (χ3v) is 7.95. The van der Waals surface area contributed by atoms with Crippen LogP contribution in [0.5, 0.6) is 11.5 Å². The lowest BCUT2D eigenvalue weighted by atomic mass is 10.2. The van der Waals surface area contributed by atoms with E-state index in [9.17, 15) is 14.7 Å². The summed E-state index contributed by atoms with van der Waals surface area (Å²) in [5.74, 6) is 0.0405. The van der Waals surface area contributed by atoms with Gasteiger partial charge in [-0.25, -0.2) is 9.78 Å². The minimum Gasteiger partial charge on any atom is -0.490 e. The monoisotopic (exact) mass is 653 g/mol. The maximum atomic E-state index is 13.6. The van der Waals surface area contributed by atoms with E-state index in [4.69, 9.17) is 18.9 Å². The van der Waals surface area contributed by atoms with E-state index in [1.54, 1.807) is 31.2 Å². The molecule has 2 heterocycles. The number of rotatable bonds is 8. The van der Waals surface area contributed by atoms with Gasteiger partial charge in [-0.15, -0.1) is 0 Å². The maximum Gasteiger partial charge on any atom is 0.344 e. The van der Waals surface area contributed by atoms with Crippen molar-refractivity contribution in [3.05, 3.63) is 85.5 Å². The molecule has 0 saturated heterocycles. The highest BCUT2D eigenvalue weighted by molar-refractivity contribution is 9.13. The van der Waals surface area contributed by atoms with Crippen molar-refractivity contribution in [3.8, 4) is 23.1 Å². The van der Waals surface area contributed by atoms with E-state index in [2.05, 4.69) is 37.0 Å². The van der Waals surface area contributed by atoms with Crippen LogP contribution in [0.1, 0.15) is 19.4 Å². The summed E-state index contributed by atoms with van der Waals surface area (Å²) in [5.41, 5.74) is 1.34. The Morgan fingerprint density at radius 3 is 2.64 bits per heavy atom. The number of benzene rings is 3. The van der Waals surface area contributed by atoms with Gasteiger partial charge >= 0.3 is 5.97 Å². The fraction of sp³-hybridized carbons (Fsp3) is 0.143. The van der Waals surface area contributed by atoms with Crippen molar-refractivity contribution in [2.45, 2.75) is 20.0 Å². The highest BCUT2D eigenvalue weighted by Gasteiger charge is 2.22. The Kier molecular flexibility index (Phi) is 7.53. The van der Waals surface area contributed by atoms with E-state index < -0.39 is 12.1 Å². The largest absolute Gasteiger partial charge is 0.490 e. The van der Waals surface area contributed by atoms with Gasteiger partial charge in [0, 0.05) is 15.4 Å². The van der Waals surface area contributed by atoms with Gasteiger partial charge in [0.15, 0.2) is 23.4 Å². The Morgan fingerprint density at radius 1 is 1.15 bits per heavy atom. The van der Waals surface area contributed by atoms with Gasteiger partial charge in [0.05, 0.1) is 28.2 Å². The Bertz CT molecular complexity index is 1780. The molecule has 5 aromatic rings. The zero-order valence-electron chi connectivity index (χ0n) is 20.7. The summed E-state index contributed by atoms with van der Waals surface area (Å²) >= 11 is 6.99. The van der Waals surface area contributed by atoms with Crippen molar-refractivity contribution in [2.24, 2.45) is 5.10 Å². The molecule has 11 heteroatoms. The van der Waals surface area contributed by atoms with Crippen LogP contribution in [-0.2, 0) is 4.79 Å². The lowest BCUT2D eigenvalue weighted by molar-refractivity contribution is -0.144. The van der Waals surface area contributed by atoms with Crippen molar-refractivity contribution in [1.82, 2.24) is 9.66 Å². The number of para-hydroxylation sites is 2. The first-order valence-corrected chi connectivity index (χ1v) is 13.5. The van der Waals surface area contributed by atoms with Crippen molar-refractivity contribution < 1.29 is 23.8 Å². The van der Waals surface area contributed by atoms with Crippen LogP contribution in [0.2, 0.25) is 0 Å². The number of fused-ring (bicyclic) bond motifs is 2. The lowest BCUT2D eigenvalue weighted by Crippen LogP contribution is -2.23. The van der Waals surface area contributed by atoms with Crippen LogP contribution in [0.4, 0.5) is 0 Å².